The number of benzene rings is 1. The lowest BCUT2D eigenvalue weighted by atomic mass is 9.95. The number of hydrogen-bond donors (Lipinski definition) is 1. The van der Waals surface area contributed by atoms with Gasteiger partial charge in [0.15, 0.2) is 11.5 Å². The third-order valence-electron chi connectivity index (χ3n) is 4.80. The van der Waals surface area contributed by atoms with Crippen LogP contribution in [0.5, 0.6) is 11.5 Å². The molecule has 0 spiro atoms. The number of thioether (sulfide) groups is 1. The number of nitrogens with zero attached hydrogens (tertiary/aromatic N) is 1. The number of carbonyl (C=O) groups excluding carboxylic acids is 1. The van der Waals surface area contributed by atoms with Crippen molar-refractivity contribution in [3.05, 3.63) is 23.8 Å². The van der Waals surface area contributed by atoms with Crippen molar-refractivity contribution in [3.8, 4) is 11.5 Å². The van der Waals surface area contributed by atoms with Crippen LogP contribution in [0.25, 0.3) is 0 Å². The van der Waals surface area contributed by atoms with E-state index in [9.17, 15) is 4.79 Å². The summed E-state index contributed by atoms with van der Waals surface area (Å²) in [6.07, 6.45) is 3.25. The van der Waals surface area contributed by atoms with Crippen LogP contribution in [-0.2, 0) is 4.79 Å². The molecule has 1 N–H and O–H groups in total. The van der Waals surface area contributed by atoms with Crippen LogP contribution >= 0.6 is 24.0 Å². The number of thiocarbonyl (C=S) groups is 1. The van der Waals surface area contributed by atoms with Gasteiger partial charge in [-0.25, -0.2) is 0 Å². The van der Waals surface area contributed by atoms with Crippen molar-refractivity contribution in [2.24, 2.45) is 5.92 Å². The standard InChI is InChI=1S/C20H28N2O3S2/c1-14(2)19(15-6-7-16-17(12-15)25-11-5-10-24-16)21-18(23)13-27-20(26)22-8-3-4-9-22/h6-7,12,14,19H,3-5,8-11,13H2,1-2H3,(H,21,23)/t19-/m0/s1. The maximum Gasteiger partial charge on any atom is 0.230 e. The van der Waals surface area contributed by atoms with Gasteiger partial charge in [0, 0.05) is 19.5 Å². The molecule has 1 atom stereocenters. The van der Waals surface area contributed by atoms with Crippen LogP contribution in [0.4, 0.5) is 0 Å². The Kier molecular flexibility index (Phi) is 7.24. The van der Waals surface area contributed by atoms with Gasteiger partial charge in [0.2, 0.25) is 5.91 Å². The number of fused-ring (bicyclic) bond motifs is 1. The summed E-state index contributed by atoms with van der Waals surface area (Å²) in [5, 5.41) is 3.17. The molecule has 1 saturated heterocycles. The van der Waals surface area contributed by atoms with Crippen molar-refractivity contribution in [2.75, 3.05) is 32.1 Å². The summed E-state index contributed by atoms with van der Waals surface area (Å²) < 4.78 is 12.3. The highest BCUT2D eigenvalue weighted by Gasteiger charge is 2.22. The molecule has 0 saturated carbocycles. The summed E-state index contributed by atoms with van der Waals surface area (Å²) in [7, 11) is 0. The molecule has 1 fully saturated rings. The van der Waals surface area contributed by atoms with E-state index in [0.29, 0.717) is 19.0 Å². The molecule has 0 radical (unpaired) electrons. The van der Waals surface area contributed by atoms with Crippen LogP contribution in [0.3, 0.4) is 0 Å². The van der Waals surface area contributed by atoms with Crippen molar-refractivity contribution in [3.63, 3.8) is 0 Å². The molecule has 5 nitrogen and oxygen atoms in total. The zero-order valence-corrected chi connectivity index (χ0v) is 17.7. The number of ether oxygens (including phenoxy) is 2. The van der Waals surface area contributed by atoms with Gasteiger partial charge in [0.1, 0.15) is 4.32 Å². The topological polar surface area (TPSA) is 50.8 Å². The minimum Gasteiger partial charge on any atom is -0.490 e. The second kappa shape index (κ2) is 9.64. The van der Waals surface area contributed by atoms with Gasteiger partial charge in [-0.15, -0.1) is 0 Å². The molecule has 2 heterocycles. The fourth-order valence-corrected chi connectivity index (χ4v) is 4.40. The lowest BCUT2D eigenvalue weighted by Gasteiger charge is -2.24. The summed E-state index contributed by atoms with van der Waals surface area (Å²) in [5.74, 6) is 2.15. The quantitative estimate of drug-likeness (QED) is 0.749. The Bertz CT molecular complexity index is 675. The van der Waals surface area contributed by atoms with Crippen LogP contribution in [0.1, 0.15) is 44.7 Å². The van der Waals surface area contributed by atoms with Crippen molar-refractivity contribution >= 4 is 34.2 Å². The molecule has 27 heavy (non-hydrogen) atoms. The Morgan fingerprint density at radius 3 is 2.59 bits per heavy atom. The van der Waals surface area contributed by atoms with Crippen LogP contribution in [0.15, 0.2) is 18.2 Å². The zero-order chi connectivity index (χ0) is 19.2. The van der Waals surface area contributed by atoms with Gasteiger partial charge in [0.25, 0.3) is 0 Å². The normalized spacial score (nSPS) is 17.5. The van der Waals surface area contributed by atoms with Gasteiger partial charge >= 0.3 is 0 Å². The third kappa shape index (κ3) is 5.51. The first kappa shape index (κ1) is 20.3. The van der Waals surface area contributed by atoms with E-state index < -0.39 is 0 Å². The van der Waals surface area contributed by atoms with Gasteiger partial charge in [-0.05, 0) is 36.5 Å². The fraction of sp³-hybridized carbons (Fsp3) is 0.600. The Morgan fingerprint density at radius 2 is 1.89 bits per heavy atom. The highest BCUT2D eigenvalue weighted by molar-refractivity contribution is 8.23. The highest BCUT2D eigenvalue weighted by Crippen LogP contribution is 2.34. The number of rotatable bonds is 5. The first-order valence-corrected chi connectivity index (χ1v) is 11.0. The van der Waals surface area contributed by atoms with Crippen molar-refractivity contribution in [2.45, 2.75) is 39.2 Å². The number of amides is 1. The van der Waals surface area contributed by atoms with Crippen molar-refractivity contribution in [1.82, 2.24) is 10.2 Å². The van der Waals surface area contributed by atoms with Gasteiger partial charge < -0.3 is 19.7 Å². The lowest BCUT2D eigenvalue weighted by Crippen LogP contribution is -2.34. The first-order chi connectivity index (χ1) is 13.0. The average molecular weight is 409 g/mol. The van der Waals surface area contributed by atoms with E-state index in [1.165, 1.54) is 24.6 Å². The van der Waals surface area contributed by atoms with Gasteiger partial charge in [0.05, 0.1) is 25.0 Å². The fourth-order valence-electron chi connectivity index (χ4n) is 3.34. The average Bonchev–Trinajstić information content (AvgIpc) is 3.09. The van der Waals surface area contributed by atoms with Crippen LogP contribution < -0.4 is 14.8 Å². The van der Waals surface area contributed by atoms with E-state index in [2.05, 4.69) is 24.1 Å². The Morgan fingerprint density at radius 1 is 1.19 bits per heavy atom. The number of hydrogen-bond acceptors (Lipinski definition) is 5. The molecule has 0 bridgehead atoms. The van der Waals surface area contributed by atoms with E-state index in [1.807, 2.05) is 18.2 Å². The van der Waals surface area contributed by atoms with E-state index in [4.69, 9.17) is 21.7 Å². The predicted octanol–water partition coefficient (Wildman–Crippen LogP) is 3.78. The van der Waals surface area contributed by atoms with E-state index in [-0.39, 0.29) is 17.9 Å². The summed E-state index contributed by atoms with van der Waals surface area (Å²) in [6, 6.07) is 5.87. The molecule has 148 valence electrons. The molecule has 3 rings (SSSR count). The van der Waals surface area contributed by atoms with Crippen LogP contribution in [-0.4, -0.2) is 47.2 Å². The van der Waals surface area contributed by atoms with Crippen molar-refractivity contribution in [1.29, 1.82) is 0 Å². The Labute approximate surface area is 171 Å². The molecule has 2 aliphatic heterocycles. The van der Waals surface area contributed by atoms with Crippen molar-refractivity contribution < 1.29 is 14.3 Å². The first-order valence-electron chi connectivity index (χ1n) is 9.65. The van der Waals surface area contributed by atoms with Gasteiger partial charge in [-0.3, -0.25) is 4.79 Å². The molecule has 0 aliphatic carbocycles. The lowest BCUT2D eigenvalue weighted by molar-refractivity contribution is -0.119. The van der Waals surface area contributed by atoms with E-state index >= 15 is 0 Å². The highest BCUT2D eigenvalue weighted by atomic mass is 32.2. The molecular formula is C20H28N2O3S2. The molecule has 2 aliphatic rings. The van der Waals surface area contributed by atoms with E-state index in [0.717, 1.165) is 40.9 Å². The minimum absolute atomic E-state index is 0.00681. The number of likely N-dealkylation sites (tertiary alicyclic amines) is 1. The van der Waals surface area contributed by atoms with Gasteiger partial charge in [-0.2, -0.15) is 0 Å². The molecule has 1 aromatic carbocycles. The van der Waals surface area contributed by atoms with Gasteiger partial charge in [-0.1, -0.05) is 43.9 Å². The van der Waals surface area contributed by atoms with Crippen LogP contribution in [0, 0.1) is 5.92 Å². The monoisotopic (exact) mass is 408 g/mol. The smallest absolute Gasteiger partial charge is 0.230 e. The van der Waals surface area contributed by atoms with Crippen LogP contribution in [0.2, 0.25) is 0 Å². The summed E-state index contributed by atoms with van der Waals surface area (Å²) in [5.41, 5.74) is 1.04. The maximum absolute atomic E-state index is 12.5. The molecule has 1 aromatic rings. The molecule has 0 unspecified atom stereocenters. The maximum atomic E-state index is 12.5. The Balaban J connectivity index is 1.60. The molecular weight excluding hydrogens is 380 g/mol. The molecule has 1 amide bonds. The summed E-state index contributed by atoms with van der Waals surface area (Å²) in [6.45, 7) is 7.56. The summed E-state index contributed by atoms with van der Waals surface area (Å²) >= 11 is 6.91. The Hall–Kier alpha value is -1.47. The zero-order valence-electron chi connectivity index (χ0n) is 16.0. The molecule has 0 aromatic heterocycles. The SMILES string of the molecule is CC(C)[C@H](NC(=O)CSC(=S)N1CCCC1)c1ccc2c(c1)OCCCO2. The number of carbonyl (C=O) groups is 1. The third-order valence-corrected chi connectivity index (χ3v) is 6.33. The summed E-state index contributed by atoms with van der Waals surface area (Å²) in [4.78, 5) is 14.7. The minimum atomic E-state index is -0.0735. The predicted molar refractivity (Wildman–Crippen MR) is 114 cm³/mol. The van der Waals surface area contributed by atoms with E-state index in [1.54, 1.807) is 0 Å². The second-order valence-electron chi connectivity index (χ2n) is 7.29. The second-order valence-corrected chi connectivity index (χ2v) is 8.90. The largest absolute Gasteiger partial charge is 0.490 e. The molecule has 7 heteroatoms. The number of nitrogens with one attached hydrogen (secondary N) is 1.